The fraction of sp³-hybridized carbons (Fsp3) is 0.333. The molecule has 5 nitrogen and oxygen atoms in total. The Labute approximate surface area is 109 Å². The van der Waals surface area contributed by atoms with Gasteiger partial charge in [0.25, 0.3) is 0 Å². The van der Waals surface area contributed by atoms with Crippen molar-refractivity contribution in [1.82, 2.24) is 9.36 Å². The van der Waals surface area contributed by atoms with Crippen molar-refractivity contribution in [3.05, 3.63) is 24.5 Å². The number of aliphatic hydroxyl groups excluding tert-OH is 1. The van der Waals surface area contributed by atoms with Crippen LogP contribution in [0.2, 0.25) is 0 Å². The number of aromatic nitrogens is 2. The minimum Gasteiger partial charge on any atom is -0.391 e. The summed E-state index contributed by atoms with van der Waals surface area (Å²) < 4.78 is 4.24. The van der Waals surface area contributed by atoms with E-state index in [2.05, 4.69) is 14.3 Å². The maximum Gasteiger partial charge on any atom is 0.147 e. The van der Waals surface area contributed by atoms with Gasteiger partial charge in [0.05, 0.1) is 11.7 Å². The van der Waals surface area contributed by atoms with E-state index >= 15 is 0 Å². The molecule has 0 aromatic carbocycles. The van der Waals surface area contributed by atoms with Gasteiger partial charge < -0.3 is 15.7 Å². The molecule has 1 aliphatic rings. The molecule has 0 aliphatic carbocycles. The Morgan fingerprint density at radius 2 is 2.17 bits per heavy atom. The van der Waals surface area contributed by atoms with Crippen LogP contribution in [0.5, 0.6) is 0 Å². The third kappa shape index (κ3) is 1.93. The van der Waals surface area contributed by atoms with Gasteiger partial charge in [0.15, 0.2) is 0 Å². The first kappa shape index (κ1) is 11.4. The number of rotatable bonds is 2. The van der Waals surface area contributed by atoms with E-state index in [-0.39, 0.29) is 6.10 Å². The summed E-state index contributed by atoms with van der Waals surface area (Å²) in [6, 6.07) is 3.85. The van der Waals surface area contributed by atoms with E-state index in [9.17, 15) is 5.11 Å². The van der Waals surface area contributed by atoms with E-state index < -0.39 is 0 Å². The molecular formula is C12H14N4OS. The van der Waals surface area contributed by atoms with E-state index in [4.69, 9.17) is 5.73 Å². The van der Waals surface area contributed by atoms with Gasteiger partial charge in [-0.3, -0.25) is 4.98 Å². The van der Waals surface area contributed by atoms with Gasteiger partial charge >= 0.3 is 0 Å². The van der Waals surface area contributed by atoms with Crippen LogP contribution in [0.4, 0.5) is 10.8 Å². The molecule has 0 spiro atoms. The number of aliphatic hydroxyl groups is 1. The van der Waals surface area contributed by atoms with Gasteiger partial charge in [0, 0.05) is 25.5 Å². The highest BCUT2D eigenvalue weighted by molar-refractivity contribution is 7.11. The number of pyridine rings is 1. The molecule has 3 N–H and O–H groups in total. The van der Waals surface area contributed by atoms with E-state index in [1.165, 1.54) is 11.5 Å². The molecule has 1 aliphatic heterocycles. The van der Waals surface area contributed by atoms with E-state index in [1.807, 2.05) is 12.1 Å². The fourth-order valence-electron chi connectivity index (χ4n) is 2.23. The Bertz CT molecular complexity index is 542. The second-order valence-electron chi connectivity index (χ2n) is 4.37. The van der Waals surface area contributed by atoms with Crippen molar-refractivity contribution in [2.24, 2.45) is 0 Å². The smallest absolute Gasteiger partial charge is 0.147 e. The molecule has 0 radical (unpaired) electrons. The molecule has 6 heteroatoms. The SMILES string of the molecule is Nc1nsc(N2CCC(O)C2)c1-c1ccncc1. The summed E-state index contributed by atoms with van der Waals surface area (Å²) in [5.74, 6) is 0.544. The average molecular weight is 262 g/mol. The Hall–Kier alpha value is -1.66. The number of anilines is 2. The zero-order valence-electron chi connectivity index (χ0n) is 9.78. The highest BCUT2D eigenvalue weighted by Crippen LogP contribution is 2.40. The Morgan fingerprint density at radius 1 is 1.39 bits per heavy atom. The minimum atomic E-state index is -0.251. The number of nitrogens with zero attached hydrogens (tertiary/aromatic N) is 3. The molecule has 1 unspecified atom stereocenters. The van der Waals surface area contributed by atoms with Crippen LogP contribution < -0.4 is 10.6 Å². The lowest BCUT2D eigenvalue weighted by atomic mass is 10.1. The largest absolute Gasteiger partial charge is 0.391 e. The van der Waals surface area contributed by atoms with Gasteiger partial charge in [0.2, 0.25) is 0 Å². The molecule has 1 saturated heterocycles. The van der Waals surface area contributed by atoms with Crippen LogP contribution >= 0.6 is 11.5 Å². The van der Waals surface area contributed by atoms with E-state index in [0.717, 1.165) is 29.1 Å². The van der Waals surface area contributed by atoms with Crippen LogP contribution in [0.15, 0.2) is 24.5 Å². The molecule has 94 valence electrons. The van der Waals surface area contributed by atoms with Crippen LogP contribution in [-0.2, 0) is 0 Å². The first-order valence-corrected chi connectivity index (χ1v) is 6.61. The van der Waals surface area contributed by atoms with Gasteiger partial charge in [-0.25, -0.2) is 0 Å². The highest BCUT2D eigenvalue weighted by Gasteiger charge is 2.25. The first-order chi connectivity index (χ1) is 8.75. The van der Waals surface area contributed by atoms with Gasteiger partial charge in [-0.15, -0.1) is 0 Å². The predicted molar refractivity (Wildman–Crippen MR) is 72.6 cm³/mol. The lowest BCUT2D eigenvalue weighted by Crippen LogP contribution is -2.20. The van der Waals surface area contributed by atoms with Crippen LogP contribution in [0.3, 0.4) is 0 Å². The molecule has 3 rings (SSSR count). The third-order valence-corrected chi connectivity index (χ3v) is 4.04. The summed E-state index contributed by atoms with van der Waals surface area (Å²) in [5, 5.41) is 10.7. The molecule has 2 aromatic rings. The second kappa shape index (κ2) is 4.55. The molecule has 1 atom stereocenters. The van der Waals surface area contributed by atoms with Crippen molar-refractivity contribution in [1.29, 1.82) is 0 Å². The van der Waals surface area contributed by atoms with Gasteiger partial charge in [-0.2, -0.15) is 4.37 Å². The van der Waals surface area contributed by atoms with Crippen molar-refractivity contribution >= 4 is 22.4 Å². The Morgan fingerprint density at radius 3 is 2.83 bits per heavy atom. The summed E-state index contributed by atoms with van der Waals surface area (Å²) >= 11 is 1.39. The Kier molecular flexibility index (Phi) is 2.89. The number of hydrogen-bond donors (Lipinski definition) is 2. The van der Waals surface area contributed by atoms with Gasteiger partial charge in [0.1, 0.15) is 10.8 Å². The summed E-state index contributed by atoms with van der Waals surface area (Å²) in [5.41, 5.74) is 7.94. The van der Waals surface area contributed by atoms with Crippen molar-refractivity contribution in [3.63, 3.8) is 0 Å². The minimum absolute atomic E-state index is 0.251. The number of nitrogen functional groups attached to an aromatic ring is 1. The van der Waals surface area contributed by atoms with Gasteiger partial charge in [-0.1, -0.05) is 0 Å². The number of β-amino-alcohol motifs (C(OH)–C–C–N with tert-alkyl or cyclic N) is 1. The first-order valence-electron chi connectivity index (χ1n) is 5.84. The molecule has 0 amide bonds. The summed E-state index contributed by atoms with van der Waals surface area (Å²) in [7, 11) is 0. The molecule has 1 fully saturated rings. The van der Waals surface area contributed by atoms with Crippen molar-refractivity contribution in [2.45, 2.75) is 12.5 Å². The summed E-state index contributed by atoms with van der Waals surface area (Å²) in [6.45, 7) is 1.50. The predicted octanol–water partition coefficient (Wildman–Crippen LogP) is 1.36. The lowest BCUT2D eigenvalue weighted by molar-refractivity contribution is 0.198. The quantitative estimate of drug-likeness (QED) is 0.854. The van der Waals surface area contributed by atoms with E-state index in [1.54, 1.807) is 12.4 Å². The fourth-order valence-corrected chi connectivity index (χ4v) is 3.10. The van der Waals surface area contributed by atoms with Gasteiger partial charge in [-0.05, 0) is 35.6 Å². The summed E-state index contributed by atoms with van der Waals surface area (Å²) in [6.07, 6.45) is 4.04. The van der Waals surface area contributed by atoms with Crippen molar-refractivity contribution in [2.75, 3.05) is 23.7 Å². The molecule has 3 heterocycles. The van der Waals surface area contributed by atoms with Crippen LogP contribution in [0.25, 0.3) is 11.1 Å². The normalized spacial score (nSPS) is 19.4. The van der Waals surface area contributed by atoms with Crippen molar-refractivity contribution in [3.8, 4) is 11.1 Å². The Balaban J connectivity index is 2.02. The third-order valence-electron chi connectivity index (χ3n) is 3.12. The van der Waals surface area contributed by atoms with E-state index in [0.29, 0.717) is 12.4 Å². The standard InChI is InChI=1S/C12H14N4OS/c13-11-10(8-1-4-14-5-2-8)12(18-15-11)16-6-3-9(17)7-16/h1-2,4-5,9,17H,3,6-7H2,(H2,13,15). The molecular weight excluding hydrogens is 248 g/mol. The maximum absolute atomic E-state index is 9.63. The van der Waals surface area contributed by atoms with Crippen molar-refractivity contribution < 1.29 is 5.11 Å². The van der Waals surface area contributed by atoms with Crippen LogP contribution in [0, 0.1) is 0 Å². The zero-order chi connectivity index (χ0) is 12.5. The maximum atomic E-state index is 9.63. The second-order valence-corrected chi connectivity index (χ2v) is 5.12. The zero-order valence-corrected chi connectivity index (χ0v) is 10.6. The molecule has 18 heavy (non-hydrogen) atoms. The van der Waals surface area contributed by atoms with Crippen LogP contribution in [-0.4, -0.2) is 33.7 Å². The molecule has 2 aromatic heterocycles. The average Bonchev–Trinajstić information content (AvgIpc) is 2.96. The molecule has 0 bridgehead atoms. The monoisotopic (exact) mass is 262 g/mol. The summed E-state index contributed by atoms with van der Waals surface area (Å²) in [4.78, 5) is 6.16. The number of nitrogens with two attached hydrogens (primary N) is 1. The number of hydrogen-bond acceptors (Lipinski definition) is 6. The molecule has 0 saturated carbocycles. The lowest BCUT2D eigenvalue weighted by Gasteiger charge is -2.17. The highest BCUT2D eigenvalue weighted by atomic mass is 32.1. The topological polar surface area (TPSA) is 75.3 Å². The van der Waals surface area contributed by atoms with Crippen LogP contribution in [0.1, 0.15) is 6.42 Å².